The highest BCUT2D eigenvalue weighted by Crippen LogP contribution is 2.22. The second kappa shape index (κ2) is 3.47. The molecular formula is C7H15NS. The van der Waals surface area contributed by atoms with E-state index in [0.29, 0.717) is 0 Å². The molecule has 1 saturated heterocycles. The van der Waals surface area contributed by atoms with Crippen molar-refractivity contribution >= 4 is 11.8 Å². The van der Waals surface area contributed by atoms with Crippen LogP contribution in [0.1, 0.15) is 20.3 Å². The van der Waals surface area contributed by atoms with Gasteiger partial charge in [0.2, 0.25) is 0 Å². The van der Waals surface area contributed by atoms with Crippen LogP contribution in [0, 0.1) is 0 Å². The molecule has 9 heavy (non-hydrogen) atoms. The minimum Gasteiger partial charge on any atom is -0.315 e. The van der Waals surface area contributed by atoms with Crippen LogP contribution in [-0.4, -0.2) is 23.6 Å². The number of thioether (sulfide) groups is 1. The molecule has 0 amide bonds. The quantitative estimate of drug-likeness (QED) is 0.600. The van der Waals surface area contributed by atoms with E-state index in [2.05, 4.69) is 30.9 Å². The fourth-order valence-electron chi connectivity index (χ4n) is 1.11. The fourth-order valence-corrected chi connectivity index (χ4v) is 2.39. The van der Waals surface area contributed by atoms with E-state index in [4.69, 9.17) is 0 Å². The van der Waals surface area contributed by atoms with Crippen molar-refractivity contribution in [2.24, 2.45) is 0 Å². The zero-order chi connectivity index (χ0) is 6.69. The summed E-state index contributed by atoms with van der Waals surface area (Å²) in [7, 11) is 0. The van der Waals surface area contributed by atoms with Gasteiger partial charge in [-0.25, -0.2) is 0 Å². The van der Waals surface area contributed by atoms with Crippen molar-refractivity contribution in [3.8, 4) is 0 Å². The Morgan fingerprint density at radius 3 is 2.78 bits per heavy atom. The molecule has 0 aromatic heterocycles. The van der Waals surface area contributed by atoms with E-state index >= 15 is 0 Å². The Morgan fingerprint density at radius 1 is 1.56 bits per heavy atom. The summed E-state index contributed by atoms with van der Waals surface area (Å²) in [6, 6.07) is 0. The molecule has 0 bridgehead atoms. The Bertz CT molecular complexity index is 85.0. The van der Waals surface area contributed by atoms with E-state index in [1.807, 2.05) is 0 Å². The summed E-state index contributed by atoms with van der Waals surface area (Å²) in [5, 5.41) is 5.11. The Kier molecular flexibility index (Phi) is 2.86. The fraction of sp³-hybridized carbons (Fsp3) is 1.00. The molecule has 2 unspecified atom stereocenters. The van der Waals surface area contributed by atoms with Crippen LogP contribution in [0.25, 0.3) is 0 Å². The minimum absolute atomic E-state index is 0.823. The molecule has 2 heteroatoms. The van der Waals surface area contributed by atoms with Gasteiger partial charge in [-0.1, -0.05) is 13.8 Å². The maximum Gasteiger partial charge on any atom is 0.0173 e. The highest BCUT2D eigenvalue weighted by Gasteiger charge is 2.16. The van der Waals surface area contributed by atoms with Crippen LogP contribution in [0.2, 0.25) is 0 Å². The molecule has 0 aromatic carbocycles. The largest absolute Gasteiger partial charge is 0.315 e. The molecule has 1 nitrogen and oxygen atoms in total. The first-order chi connectivity index (χ1) is 4.33. The molecule has 1 aliphatic heterocycles. The lowest BCUT2D eigenvalue weighted by Crippen LogP contribution is -2.36. The van der Waals surface area contributed by atoms with Gasteiger partial charge in [0.25, 0.3) is 0 Å². The van der Waals surface area contributed by atoms with Gasteiger partial charge in [-0.2, -0.15) is 11.8 Å². The van der Waals surface area contributed by atoms with Gasteiger partial charge in [0.05, 0.1) is 0 Å². The normalized spacial score (nSPS) is 36.7. The molecule has 0 spiro atoms. The molecule has 1 fully saturated rings. The van der Waals surface area contributed by atoms with Crippen LogP contribution >= 0.6 is 11.8 Å². The third-order valence-corrected chi connectivity index (χ3v) is 3.20. The lowest BCUT2D eigenvalue weighted by molar-refractivity contribution is 0.620. The van der Waals surface area contributed by atoms with Crippen LogP contribution in [0.5, 0.6) is 0 Å². The summed E-state index contributed by atoms with van der Waals surface area (Å²) in [6.07, 6.45) is 1.31. The number of hydrogen-bond donors (Lipinski definition) is 1. The van der Waals surface area contributed by atoms with Gasteiger partial charge in [-0.05, 0) is 6.42 Å². The van der Waals surface area contributed by atoms with Crippen molar-refractivity contribution in [2.75, 3.05) is 13.1 Å². The molecule has 0 saturated carbocycles. The monoisotopic (exact) mass is 145 g/mol. The second-order valence-electron chi connectivity index (χ2n) is 2.64. The van der Waals surface area contributed by atoms with Crippen molar-refractivity contribution in [1.29, 1.82) is 0 Å². The smallest absolute Gasteiger partial charge is 0.0173 e. The van der Waals surface area contributed by atoms with Gasteiger partial charge >= 0.3 is 0 Å². The second-order valence-corrected chi connectivity index (χ2v) is 4.38. The van der Waals surface area contributed by atoms with Gasteiger partial charge in [0.15, 0.2) is 0 Å². The Hall–Kier alpha value is 0.310. The highest BCUT2D eigenvalue weighted by molar-refractivity contribution is 8.00. The van der Waals surface area contributed by atoms with E-state index in [9.17, 15) is 0 Å². The van der Waals surface area contributed by atoms with E-state index in [0.717, 1.165) is 10.5 Å². The SMILES string of the molecule is CCC1CNCC(C)S1. The Morgan fingerprint density at radius 2 is 2.33 bits per heavy atom. The van der Waals surface area contributed by atoms with E-state index in [1.54, 1.807) is 0 Å². The molecule has 0 aliphatic carbocycles. The van der Waals surface area contributed by atoms with Crippen molar-refractivity contribution in [3.63, 3.8) is 0 Å². The van der Waals surface area contributed by atoms with E-state index < -0.39 is 0 Å². The molecule has 1 N–H and O–H groups in total. The van der Waals surface area contributed by atoms with Gasteiger partial charge in [0, 0.05) is 23.6 Å². The molecule has 2 atom stereocenters. The molecule has 54 valence electrons. The van der Waals surface area contributed by atoms with Crippen LogP contribution in [-0.2, 0) is 0 Å². The highest BCUT2D eigenvalue weighted by atomic mass is 32.2. The summed E-state index contributed by atoms with van der Waals surface area (Å²) in [5.41, 5.74) is 0. The van der Waals surface area contributed by atoms with Gasteiger partial charge in [0.1, 0.15) is 0 Å². The maximum atomic E-state index is 3.41. The van der Waals surface area contributed by atoms with Crippen molar-refractivity contribution in [2.45, 2.75) is 30.8 Å². The molecule has 1 aliphatic rings. The molecule has 1 heterocycles. The summed E-state index contributed by atoms with van der Waals surface area (Å²) >= 11 is 2.12. The standard InChI is InChI=1S/C7H15NS/c1-3-7-5-8-4-6(2)9-7/h6-8H,3-5H2,1-2H3. The first-order valence-electron chi connectivity index (χ1n) is 3.69. The lowest BCUT2D eigenvalue weighted by Gasteiger charge is -2.26. The zero-order valence-electron chi connectivity index (χ0n) is 6.18. The molecule has 0 radical (unpaired) electrons. The molecular weight excluding hydrogens is 130 g/mol. The van der Waals surface area contributed by atoms with Gasteiger partial charge in [-0.3, -0.25) is 0 Å². The Balaban J connectivity index is 2.23. The van der Waals surface area contributed by atoms with Crippen LogP contribution in [0.3, 0.4) is 0 Å². The maximum absolute atomic E-state index is 3.41. The number of nitrogens with one attached hydrogen (secondary N) is 1. The van der Waals surface area contributed by atoms with Crippen molar-refractivity contribution < 1.29 is 0 Å². The average Bonchev–Trinajstić information content (AvgIpc) is 1.88. The van der Waals surface area contributed by atoms with Crippen molar-refractivity contribution in [3.05, 3.63) is 0 Å². The van der Waals surface area contributed by atoms with Crippen LogP contribution in [0.4, 0.5) is 0 Å². The predicted molar refractivity (Wildman–Crippen MR) is 44.0 cm³/mol. The number of hydrogen-bond acceptors (Lipinski definition) is 2. The molecule has 0 aromatic rings. The zero-order valence-corrected chi connectivity index (χ0v) is 7.00. The number of rotatable bonds is 1. The summed E-state index contributed by atoms with van der Waals surface area (Å²) in [4.78, 5) is 0. The van der Waals surface area contributed by atoms with E-state index in [-0.39, 0.29) is 0 Å². The minimum atomic E-state index is 0.823. The van der Waals surface area contributed by atoms with Gasteiger partial charge < -0.3 is 5.32 Å². The predicted octanol–water partition coefficient (Wildman–Crippen LogP) is 1.49. The third-order valence-electron chi connectivity index (χ3n) is 1.68. The molecule has 1 rings (SSSR count). The lowest BCUT2D eigenvalue weighted by atomic mass is 10.3. The van der Waals surface area contributed by atoms with Crippen LogP contribution < -0.4 is 5.32 Å². The summed E-state index contributed by atoms with van der Waals surface area (Å²) in [6.45, 7) is 6.96. The first kappa shape index (κ1) is 7.42. The van der Waals surface area contributed by atoms with E-state index in [1.165, 1.54) is 19.5 Å². The third kappa shape index (κ3) is 2.18. The Labute approximate surface area is 61.6 Å². The first-order valence-corrected chi connectivity index (χ1v) is 4.63. The van der Waals surface area contributed by atoms with Crippen LogP contribution in [0.15, 0.2) is 0 Å². The summed E-state index contributed by atoms with van der Waals surface area (Å²) < 4.78 is 0. The van der Waals surface area contributed by atoms with Gasteiger partial charge in [-0.15, -0.1) is 0 Å². The summed E-state index contributed by atoms with van der Waals surface area (Å²) in [5.74, 6) is 0. The van der Waals surface area contributed by atoms with Crippen molar-refractivity contribution in [1.82, 2.24) is 5.32 Å². The topological polar surface area (TPSA) is 12.0 Å². The average molecular weight is 145 g/mol.